The molecule has 0 fully saturated rings. The van der Waals surface area contributed by atoms with Crippen LogP contribution in [0.5, 0.6) is 11.5 Å². The van der Waals surface area contributed by atoms with Crippen molar-refractivity contribution in [1.29, 1.82) is 0 Å². The fourth-order valence-corrected chi connectivity index (χ4v) is 5.83. The smallest absolute Gasteiger partial charge is 0.347 e. The Labute approximate surface area is 209 Å². The third-order valence-corrected chi connectivity index (χ3v) is 8.43. The summed E-state index contributed by atoms with van der Waals surface area (Å²) in [6.45, 7) is 3.57. The number of ether oxygens (including phenoxy) is 3. The third-order valence-electron chi connectivity index (χ3n) is 4.96. The summed E-state index contributed by atoms with van der Waals surface area (Å²) in [5, 5.41) is 9.18. The first-order valence-corrected chi connectivity index (χ1v) is 13.0. The predicted molar refractivity (Wildman–Crippen MR) is 132 cm³/mol. The highest BCUT2D eigenvalue weighted by Crippen LogP contribution is 2.31. The van der Waals surface area contributed by atoms with E-state index >= 15 is 0 Å². The quantitative estimate of drug-likeness (QED) is 0.362. The number of carbonyl (C=O) groups is 1. The van der Waals surface area contributed by atoms with E-state index in [4.69, 9.17) is 14.2 Å². The number of methoxy groups -OCH3 is 1. The molecule has 0 saturated heterocycles. The minimum absolute atomic E-state index is 0.113. The molecule has 188 valence electrons. The van der Waals surface area contributed by atoms with E-state index in [0.29, 0.717) is 17.2 Å². The molecule has 0 amide bonds. The molecule has 3 aromatic rings. The van der Waals surface area contributed by atoms with Gasteiger partial charge in [0, 0.05) is 26.4 Å². The maximum absolute atomic E-state index is 13.3. The highest BCUT2D eigenvalue weighted by molar-refractivity contribution is 7.91. The van der Waals surface area contributed by atoms with Crippen molar-refractivity contribution in [3.63, 3.8) is 0 Å². The van der Waals surface area contributed by atoms with Crippen LogP contribution in [0.25, 0.3) is 10.6 Å². The van der Waals surface area contributed by atoms with Gasteiger partial charge in [-0.3, -0.25) is 4.98 Å². The third kappa shape index (κ3) is 7.01. The maximum Gasteiger partial charge on any atom is 0.347 e. The van der Waals surface area contributed by atoms with Gasteiger partial charge in [0.2, 0.25) is 0 Å². The molecule has 0 saturated carbocycles. The fraction of sp³-hybridized carbons (Fsp3) is 0.333. The Morgan fingerprint density at radius 2 is 1.71 bits per heavy atom. The molecule has 0 aliphatic carbocycles. The average Bonchev–Trinajstić information content (AvgIpc) is 3.34. The van der Waals surface area contributed by atoms with Gasteiger partial charge < -0.3 is 19.3 Å². The molecular formula is C24H28N2O7S2. The Balaban J connectivity index is 1.65. The number of nitrogens with zero attached hydrogens (tertiary/aromatic N) is 2. The number of sulfonamides is 1. The molecule has 0 spiro atoms. The molecule has 0 radical (unpaired) electrons. The van der Waals surface area contributed by atoms with Gasteiger partial charge in [0.05, 0.1) is 17.2 Å². The number of benzene rings is 1. The summed E-state index contributed by atoms with van der Waals surface area (Å²) in [6.07, 6.45) is 1.66. The number of aromatic nitrogens is 1. The topological polar surface area (TPSA) is 115 Å². The number of rotatable bonds is 13. The van der Waals surface area contributed by atoms with Gasteiger partial charge in [0.15, 0.2) is 5.60 Å². The molecule has 1 aromatic carbocycles. The normalized spacial score (nSPS) is 12.0. The maximum atomic E-state index is 13.3. The molecule has 2 aromatic heterocycles. The average molecular weight is 521 g/mol. The number of hydrogen-bond donors (Lipinski definition) is 1. The van der Waals surface area contributed by atoms with Crippen molar-refractivity contribution in [3.05, 3.63) is 60.8 Å². The summed E-state index contributed by atoms with van der Waals surface area (Å²) in [4.78, 5) is 16.3. The molecule has 2 heterocycles. The van der Waals surface area contributed by atoms with Crippen molar-refractivity contribution < 1.29 is 32.5 Å². The molecule has 11 heteroatoms. The fourth-order valence-electron chi connectivity index (χ4n) is 2.98. The van der Waals surface area contributed by atoms with E-state index in [1.165, 1.54) is 25.3 Å². The van der Waals surface area contributed by atoms with Crippen LogP contribution < -0.4 is 9.47 Å². The van der Waals surface area contributed by atoms with Gasteiger partial charge in [-0.05, 0) is 62.4 Å². The van der Waals surface area contributed by atoms with Gasteiger partial charge in [-0.25, -0.2) is 13.2 Å². The van der Waals surface area contributed by atoms with Crippen LogP contribution in [-0.4, -0.2) is 67.8 Å². The first-order chi connectivity index (χ1) is 16.6. The van der Waals surface area contributed by atoms with Gasteiger partial charge in [0.1, 0.15) is 22.3 Å². The zero-order chi connectivity index (χ0) is 25.5. The van der Waals surface area contributed by atoms with Gasteiger partial charge in [-0.15, -0.1) is 11.3 Å². The Morgan fingerprint density at radius 1 is 1.03 bits per heavy atom. The van der Waals surface area contributed by atoms with Crippen LogP contribution in [0.3, 0.4) is 0 Å². The van der Waals surface area contributed by atoms with Crippen molar-refractivity contribution in [1.82, 2.24) is 9.29 Å². The molecule has 35 heavy (non-hydrogen) atoms. The summed E-state index contributed by atoms with van der Waals surface area (Å²) in [5.74, 6) is -0.188. The predicted octanol–water partition coefficient (Wildman–Crippen LogP) is 3.77. The molecule has 0 bridgehead atoms. The standard InChI is InChI=1S/C24H28N2O7S2/c1-24(2,23(27)28)33-19-9-7-18(8-10-19)32-17-15-26(14-16-31-3)35(29,30)22-12-11-21(34-22)20-6-4-5-13-25-20/h4-13H,14-17H2,1-3H3,(H,27,28). The number of thiophene rings is 1. The molecule has 0 atom stereocenters. The number of pyridine rings is 1. The Hall–Kier alpha value is -2.99. The van der Waals surface area contributed by atoms with E-state index in [2.05, 4.69) is 4.98 Å². The summed E-state index contributed by atoms with van der Waals surface area (Å²) < 4.78 is 44.5. The molecule has 0 aliphatic rings. The zero-order valence-corrected chi connectivity index (χ0v) is 21.3. The molecule has 1 N–H and O–H groups in total. The van der Waals surface area contributed by atoms with Crippen LogP contribution >= 0.6 is 11.3 Å². The first kappa shape index (κ1) is 26.6. The van der Waals surface area contributed by atoms with Crippen molar-refractivity contribution in [2.24, 2.45) is 0 Å². The largest absolute Gasteiger partial charge is 0.492 e. The van der Waals surface area contributed by atoms with Gasteiger partial charge in [-0.1, -0.05) is 6.07 Å². The number of aliphatic carboxylic acids is 1. The molecule has 9 nitrogen and oxygen atoms in total. The molecular weight excluding hydrogens is 492 g/mol. The number of hydrogen-bond acceptors (Lipinski definition) is 8. The van der Waals surface area contributed by atoms with Gasteiger partial charge in [0.25, 0.3) is 10.0 Å². The molecule has 0 unspecified atom stereocenters. The summed E-state index contributed by atoms with van der Waals surface area (Å²) in [7, 11) is -2.25. The van der Waals surface area contributed by atoms with Crippen LogP contribution in [0.15, 0.2) is 65.0 Å². The highest BCUT2D eigenvalue weighted by Gasteiger charge is 2.29. The minimum Gasteiger partial charge on any atom is -0.492 e. The SMILES string of the molecule is COCCN(CCOc1ccc(OC(C)(C)C(=O)O)cc1)S(=O)(=O)c1ccc(-c2ccccn2)s1. The highest BCUT2D eigenvalue weighted by atomic mass is 32.2. The van der Waals surface area contributed by atoms with Gasteiger partial charge in [-0.2, -0.15) is 4.31 Å². The van der Waals surface area contributed by atoms with Crippen LogP contribution in [0.2, 0.25) is 0 Å². The second kappa shape index (κ2) is 11.6. The van der Waals surface area contributed by atoms with Crippen molar-refractivity contribution in [2.45, 2.75) is 23.7 Å². The van der Waals surface area contributed by atoms with Crippen LogP contribution in [0.4, 0.5) is 0 Å². The first-order valence-electron chi connectivity index (χ1n) is 10.8. The van der Waals surface area contributed by atoms with E-state index < -0.39 is 21.6 Å². The van der Waals surface area contributed by atoms with E-state index in [1.807, 2.05) is 12.1 Å². The van der Waals surface area contributed by atoms with Crippen LogP contribution in [0.1, 0.15) is 13.8 Å². The van der Waals surface area contributed by atoms with Crippen LogP contribution in [-0.2, 0) is 19.6 Å². The van der Waals surface area contributed by atoms with E-state index in [1.54, 1.807) is 48.7 Å². The summed E-state index contributed by atoms with van der Waals surface area (Å²) in [5.41, 5.74) is -0.651. The van der Waals surface area contributed by atoms with Gasteiger partial charge >= 0.3 is 5.97 Å². The Morgan fingerprint density at radius 3 is 2.34 bits per heavy atom. The van der Waals surface area contributed by atoms with E-state index in [9.17, 15) is 18.3 Å². The Kier molecular flexibility index (Phi) is 8.84. The monoisotopic (exact) mass is 520 g/mol. The van der Waals surface area contributed by atoms with Crippen molar-refractivity contribution in [2.75, 3.05) is 33.4 Å². The lowest BCUT2D eigenvalue weighted by Gasteiger charge is -2.22. The second-order valence-electron chi connectivity index (χ2n) is 7.97. The summed E-state index contributed by atoms with van der Waals surface area (Å²) >= 11 is 1.16. The van der Waals surface area contributed by atoms with Crippen molar-refractivity contribution >= 4 is 27.3 Å². The Bertz CT molecular complexity index is 1210. The van der Waals surface area contributed by atoms with Crippen LogP contribution in [0, 0.1) is 0 Å². The molecule has 0 aliphatic heterocycles. The minimum atomic E-state index is -3.76. The molecule has 3 rings (SSSR count). The second-order valence-corrected chi connectivity index (χ2v) is 11.2. The van der Waals surface area contributed by atoms with Crippen molar-refractivity contribution in [3.8, 4) is 22.1 Å². The number of carboxylic acids is 1. The lowest BCUT2D eigenvalue weighted by molar-refractivity contribution is -0.152. The lowest BCUT2D eigenvalue weighted by Crippen LogP contribution is -2.37. The lowest BCUT2D eigenvalue weighted by atomic mass is 10.1. The van der Waals surface area contributed by atoms with E-state index in [0.717, 1.165) is 16.2 Å². The van der Waals surface area contributed by atoms with E-state index in [-0.39, 0.29) is 30.5 Å². The summed E-state index contributed by atoms with van der Waals surface area (Å²) in [6, 6.07) is 15.3. The number of carboxylic acid groups (broad SMARTS) is 1. The zero-order valence-electron chi connectivity index (χ0n) is 19.7.